The van der Waals surface area contributed by atoms with Crippen LogP contribution >= 0.6 is 11.3 Å². The summed E-state index contributed by atoms with van der Waals surface area (Å²) in [6.45, 7) is 7.75. The Bertz CT molecular complexity index is 391. The van der Waals surface area contributed by atoms with Gasteiger partial charge in [-0.15, -0.1) is 11.3 Å². The molecule has 2 nitrogen and oxygen atoms in total. The first-order chi connectivity index (χ1) is 6.94. The Labute approximate surface area is 95.2 Å². The predicted octanol–water partition coefficient (Wildman–Crippen LogP) is 3.34. The number of aryl methyl sites for hydroxylation is 2. The van der Waals surface area contributed by atoms with E-state index in [1.54, 1.807) is 11.3 Å². The zero-order valence-electron chi connectivity index (χ0n) is 9.66. The number of rotatable bonds is 3. The van der Waals surface area contributed by atoms with Crippen LogP contribution in [0.15, 0.2) is 6.07 Å². The lowest BCUT2D eigenvalue weighted by atomic mass is 9.80. The van der Waals surface area contributed by atoms with E-state index in [4.69, 9.17) is 5.26 Å². The number of hydrogen-bond donors (Lipinski definition) is 1. The minimum atomic E-state index is -0.683. The lowest BCUT2D eigenvalue weighted by Gasteiger charge is -2.26. The first-order valence-corrected chi connectivity index (χ1v) is 5.92. The Morgan fingerprint density at radius 1 is 1.60 bits per heavy atom. The monoisotopic (exact) mass is 223 g/mol. The van der Waals surface area contributed by atoms with E-state index in [9.17, 15) is 5.11 Å². The van der Waals surface area contributed by atoms with E-state index in [0.29, 0.717) is 6.42 Å². The number of aliphatic hydroxyl groups excluding tert-OH is 1. The molecule has 0 saturated heterocycles. The predicted molar refractivity (Wildman–Crippen MR) is 62.8 cm³/mol. The van der Waals surface area contributed by atoms with E-state index in [1.165, 1.54) is 4.88 Å². The fourth-order valence-corrected chi connectivity index (χ4v) is 2.56. The lowest BCUT2D eigenvalue weighted by molar-refractivity contribution is 0.0721. The van der Waals surface area contributed by atoms with Crippen LogP contribution < -0.4 is 0 Å². The molecular formula is C12H17NOS. The quantitative estimate of drug-likeness (QED) is 0.854. The second-order valence-electron chi connectivity index (χ2n) is 4.15. The van der Waals surface area contributed by atoms with Gasteiger partial charge in [0, 0.05) is 9.75 Å². The molecule has 1 aromatic heterocycles. The van der Waals surface area contributed by atoms with E-state index in [2.05, 4.69) is 6.07 Å². The maximum atomic E-state index is 10.2. The van der Waals surface area contributed by atoms with Gasteiger partial charge in [-0.25, -0.2) is 0 Å². The lowest BCUT2D eigenvalue weighted by Crippen LogP contribution is -2.23. The van der Waals surface area contributed by atoms with E-state index in [1.807, 2.05) is 33.8 Å². The van der Waals surface area contributed by atoms with Gasteiger partial charge in [-0.2, -0.15) is 5.26 Å². The highest BCUT2D eigenvalue weighted by Crippen LogP contribution is 2.39. The third-order valence-corrected chi connectivity index (χ3v) is 3.95. The first kappa shape index (κ1) is 12.2. The summed E-state index contributed by atoms with van der Waals surface area (Å²) in [7, 11) is 0. The maximum Gasteiger partial charge on any atom is 0.0984 e. The average Bonchev–Trinajstić information content (AvgIpc) is 2.55. The summed E-state index contributed by atoms with van der Waals surface area (Å²) >= 11 is 1.67. The van der Waals surface area contributed by atoms with Gasteiger partial charge in [0.2, 0.25) is 0 Å². The summed E-state index contributed by atoms with van der Waals surface area (Å²) in [6, 6.07) is 4.20. The van der Waals surface area contributed by atoms with Crippen LogP contribution in [-0.2, 0) is 0 Å². The molecule has 0 bridgehead atoms. The van der Waals surface area contributed by atoms with Crippen molar-refractivity contribution >= 4 is 11.3 Å². The average molecular weight is 223 g/mol. The van der Waals surface area contributed by atoms with Crippen molar-refractivity contribution in [2.45, 2.75) is 40.2 Å². The number of nitrogens with zero attached hydrogens (tertiary/aromatic N) is 1. The first-order valence-electron chi connectivity index (χ1n) is 5.11. The van der Waals surface area contributed by atoms with Gasteiger partial charge in [0.1, 0.15) is 0 Å². The van der Waals surface area contributed by atoms with Crippen LogP contribution in [0.2, 0.25) is 0 Å². The molecule has 1 aromatic rings. The molecule has 2 unspecified atom stereocenters. The molecule has 0 fully saturated rings. The Balaban J connectivity index is 3.09. The summed E-state index contributed by atoms with van der Waals surface area (Å²) < 4.78 is 0. The second kappa shape index (κ2) is 4.34. The van der Waals surface area contributed by atoms with Crippen LogP contribution in [0.1, 0.15) is 41.7 Å². The van der Waals surface area contributed by atoms with Crippen molar-refractivity contribution in [3.63, 3.8) is 0 Å². The van der Waals surface area contributed by atoms with Gasteiger partial charge >= 0.3 is 0 Å². The van der Waals surface area contributed by atoms with Crippen molar-refractivity contribution in [3.05, 3.63) is 21.4 Å². The fraction of sp³-hybridized carbons (Fsp3) is 0.583. The zero-order chi connectivity index (χ0) is 11.6. The Morgan fingerprint density at radius 2 is 2.20 bits per heavy atom. The van der Waals surface area contributed by atoms with Crippen molar-refractivity contribution in [2.24, 2.45) is 5.41 Å². The number of aliphatic hydroxyl groups is 1. The molecule has 0 spiro atoms. The molecule has 0 amide bonds. The maximum absolute atomic E-state index is 10.2. The SMILES string of the molecule is CCC(C)(C#N)C(O)c1cc(C)sc1C. The third kappa shape index (κ3) is 2.22. The Kier molecular flexibility index (Phi) is 3.54. The topological polar surface area (TPSA) is 44.0 Å². The number of thiophene rings is 1. The molecule has 2 atom stereocenters. The van der Waals surface area contributed by atoms with E-state index in [0.717, 1.165) is 10.4 Å². The van der Waals surface area contributed by atoms with Crippen LogP contribution in [0.4, 0.5) is 0 Å². The summed E-state index contributed by atoms with van der Waals surface area (Å²) in [6.07, 6.45) is -0.0311. The van der Waals surface area contributed by atoms with Gasteiger partial charge in [0.15, 0.2) is 0 Å². The number of hydrogen-bond acceptors (Lipinski definition) is 3. The normalized spacial score (nSPS) is 16.8. The molecule has 0 aliphatic carbocycles. The largest absolute Gasteiger partial charge is 0.387 e. The molecule has 15 heavy (non-hydrogen) atoms. The molecule has 0 aliphatic rings. The van der Waals surface area contributed by atoms with Gasteiger partial charge in [-0.1, -0.05) is 6.92 Å². The minimum absolute atomic E-state index is 0.652. The van der Waals surface area contributed by atoms with Crippen LogP contribution in [0.3, 0.4) is 0 Å². The smallest absolute Gasteiger partial charge is 0.0984 e. The van der Waals surface area contributed by atoms with Crippen molar-refractivity contribution in [1.82, 2.24) is 0 Å². The summed E-state index contributed by atoms with van der Waals surface area (Å²) in [4.78, 5) is 2.29. The highest BCUT2D eigenvalue weighted by atomic mass is 32.1. The van der Waals surface area contributed by atoms with E-state index in [-0.39, 0.29) is 0 Å². The van der Waals surface area contributed by atoms with Gasteiger partial charge in [0.05, 0.1) is 17.6 Å². The molecule has 0 saturated carbocycles. The molecular weight excluding hydrogens is 206 g/mol. The number of nitriles is 1. The molecule has 3 heteroatoms. The Hall–Kier alpha value is -0.850. The Morgan fingerprint density at radius 3 is 2.53 bits per heavy atom. The molecule has 82 valence electrons. The van der Waals surface area contributed by atoms with Crippen molar-refractivity contribution in [1.29, 1.82) is 5.26 Å². The van der Waals surface area contributed by atoms with Crippen LogP contribution in [-0.4, -0.2) is 5.11 Å². The summed E-state index contributed by atoms with van der Waals surface area (Å²) in [5.41, 5.74) is 0.224. The van der Waals surface area contributed by atoms with Gasteiger partial charge < -0.3 is 5.11 Å². The van der Waals surface area contributed by atoms with Gasteiger partial charge in [-0.05, 0) is 38.8 Å². The third-order valence-electron chi connectivity index (χ3n) is 2.97. The van der Waals surface area contributed by atoms with Crippen LogP contribution in [0, 0.1) is 30.6 Å². The highest BCUT2D eigenvalue weighted by molar-refractivity contribution is 7.12. The van der Waals surface area contributed by atoms with E-state index >= 15 is 0 Å². The standard InChI is InChI=1S/C12H17NOS/c1-5-12(4,7-13)11(14)10-6-8(2)15-9(10)3/h6,11,14H,5H2,1-4H3. The highest BCUT2D eigenvalue weighted by Gasteiger charge is 2.33. The fourth-order valence-electron chi connectivity index (χ4n) is 1.60. The molecule has 0 aliphatic heterocycles. The van der Waals surface area contributed by atoms with Crippen molar-refractivity contribution in [3.8, 4) is 6.07 Å². The second-order valence-corrected chi connectivity index (χ2v) is 5.61. The molecule has 0 aromatic carbocycles. The summed E-state index contributed by atoms with van der Waals surface area (Å²) in [5.74, 6) is 0. The van der Waals surface area contributed by atoms with Crippen molar-refractivity contribution < 1.29 is 5.11 Å². The molecule has 0 radical (unpaired) electrons. The zero-order valence-corrected chi connectivity index (χ0v) is 10.5. The molecule has 1 rings (SSSR count). The van der Waals surface area contributed by atoms with Crippen LogP contribution in [0.5, 0.6) is 0 Å². The van der Waals surface area contributed by atoms with Gasteiger partial charge in [0.25, 0.3) is 0 Å². The van der Waals surface area contributed by atoms with Gasteiger partial charge in [-0.3, -0.25) is 0 Å². The minimum Gasteiger partial charge on any atom is -0.387 e. The molecule has 1 heterocycles. The summed E-state index contributed by atoms with van der Waals surface area (Å²) in [5, 5.41) is 19.3. The van der Waals surface area contributed by atoms with E-state index < -0.39 is 11.5 Å². The molecule has 1 N–H and O–H groups in total. The van der Waals surface area contributed by atoms with Crippen molar-refractivity contribution in [2.75, 3.05) is 0 Å². The van der Waals surface area contributed by atoms with Crippen LogP contribution in [0.25, 0.3) is 0 Å².